The van der Waals surface area contributed by atoms with Gasteiger partial charge in [0.05, 0.1) is 40.8 Å². The molecule has 0 bridgehead atoms. The number of aromatic amines is 1. The second-order valence-electron chi connectivity index (χ2n) is 5.01. The molecule has 0 aliphatic rings. The molecule has 1 aromatic carbocycles. The van der Waals surface area contributed by atoms with E-state index in [4.69, 9.17) is 5.26 Å². The number of nitrogens with zero attached hydrogens (tertiary/aromatic N) is 4. The molecule has 21 heavy (non-hydrogen) atoms. The van der Waals surface area contributed by atoms with Crippen LogP contribution in [0.15, 0.2) is 24.4 Å². The van der Waals surface area contributed by atoms with E-state index in [2.05, 4.69) is 21.0 Å². The van der Waals surface area contributed by atoms with Crippen molar-refractivity contribution in [2.24, 2.45) is 0 Å². The Balaban J connectivity index is 2.14. The van der Waals surface area contributed by atoms with Gasteiger partial charge in [-0.1, -0.05) is 0 Å². The molecule has 6 nitrogen and oxygen atoms in total. The molecule has 2 aromatic heterocycles. The van der Waals surface area contributed by atoms with E-state index in [0.29, 0.717) is 11.4 Å². The number of hydrogen-bond acceptors (Lipinski definition) is 4. The minimum atomic E-state index is -0.0240. The van der Waals surface area contributed by atoms with E-state index in [9.17, 15) is 4.79 Å². The minimum absolute atomic E-state index is 0.0240. The van der Waals surface area contributed by atoms with Gasteiger partial charge in [0.2, 0.25) is 5.91 Å². The van der Waals surface area contributed by atoms with Crippen LogP contribution < -0.4 is 0 Å². The van der Waals surface area contributed by atoms with Crippen LogP contribution in [-0.2, 0) is 11.2 Å². The number of benzene rings is 1. The average molecular weight is 279 g/mol. The second-order valence-corrected chi connectivity index (χ2v) is 5.01. The molecule has 2 heterocycles. The monoisotopic (exact) mass is 279 g/mol. The van der Waals surface area contributed by atoms with E-state index < -0.39 is 0 Å². The van der Waals surface area contributed by atoms with E-state index >= 15 is 0 Å². The van der Waals surface area contributed by atoms with E-state index in [1.54, 1.807) is 38.5 Å². The Morgan fingerprint density at radius 3 is 2.95 bits per heavy atom. The Morgan fingerprint density at radius 2 is 2.24 bits per heavy atom. The van der Waals surface area contributed by atoms with Crippen molar-refractivity contribution < 1.29 is 4.79 Å². The van der Waals surface area contributed by atoms with Crippen LogP contribution in [0.25, 0.3) is 21.9 Å². The summed E-state index contributed by atoms with van der Waals surface area (Å²) in [6.45, 7) is 0. The van der Waals surface area contributed by atoms with Crippen molar-refractivity contribution in [2.75, 3.05) is 14.1 Å². The van der Waals surface area contributed by atoms with E-state index in [1.165, 1.54) is 4.90 Å². The van der Waals surface area contributed by atoms with Gasteiger partial charge < -0.3 is 9.88 Å². The maximum absolute atomic E-state index is 11.8. The third-order valence-electron chi connectivity index (χ3n) is 3.31. The largest absolute Gasteiger partial charge is 0.348 e. The van der Waals surface area contributed by atoms with Crippen molar-refractivity contribution in [1.29, 1.82) is 5.26 Å². The highest BCUT2D eigenvalue weighted by molar-refractivity contribution is 6.02. The van der Waals surface area contributed by atoms with Crippen molar-refractivity contribution in [2.45, 2.75) is 6.42 Å². The molecule has 0 spiro atoms. The van der Waals surface area contributed by atoms with Crippen molar-refractivity contribution in [3.05, 3.63) is 35.8 Å². The highest BCUT2D eigenvalue weighted by Crippen LogP contribution is 2.22. The zero-order chi connectivity index (χ0) is 15.0. The number of rotatable bonds is 2. The summed E-state index contributed by atoms with van der Waals surface area (Å²) >= 11 is 0. The first-order chi connectivity index (χ1) is 10.1. The number of hydrogen-bond donors (Lipinski definition) is 1. The quantitative estimate of drug-likeness (QED) is 0.772. The maximum atomic E-state index is 11.8. The number of amides is 1. The van der Waals surface area contributed by atoms with Gasteiger partial charge in [-0.05, 0) is 18.2 Å². The maximum Gasteiger partial charge on any atom is 0.229 e. The minimum Gasteiger partial charge on any atom is -0.348 e. The van der Waals surface area contributed by atoms with Crippen LogP contribution in [0.1, 0.15) is 11.4 Å². The molecule has 0 aliphatic carbocycles. The fourth-order valence-corrected chi connectivity index (χ4v) is 2.16. The van der Waals surface area contributed by atoms with Crippen LogP contribution in [0.4, 0.5) is 0 Å². The lowest BCUT2D eigenvalue weighted by Crippen LogP contribution is -2.23. The SMILES string of the molecule is CN(C)C(=O)Cc1nc2c(cnc3ccc(C#N)cc32)[nH]1. The van der Waals surface area contributed by atoms with Crippen LogP contribution >= 0.6 is 0 Å². The lowest BCUT2D eigenvalue weighted by molar-refractivity contribution is -0.128. The van der Waals surface area contributed by atoms with Gasteiger partial charge >= 0.3 is 0 Å². The number of H-pyrrole nitrogens is 1. The Hall–Kier alpha value is -2.94. The summed E-state index contributed by atoms with van der Waals surface area (Å²) in [5, 5.41) is 9.82. The molecule has 104 valence electrons. The number of carbonyl (C=O) groups excluding carboxylic acids is 1. The van der Waals surface area contributed by atoms with Gasteiger partial charge in [-0.15, -0.1) is 0 Å². The molecule has 0 saturated carbocycles. The normalized spacial score (nSPS) is 10.7. The van der Waals surface area contributed by atoms with E-state index in [-0.39, 0.29) is 12.3 Å². The van der Waals surface area contributed by atoms with Gasteiger partial charge in [-0.25, -0.2) is 4.98 Å². The third-order valence-corrected chi connectivity index (χ3v) is 3.31. The average Bonchev–Trinajstić information content (AvgIpc) is 2.89. The summed E-state index contributed by atoms with van der Waals surface area (Å²) < 4.78 is 0. The van der Waals surface area contributed by atoms with Crippen LogP contribution in [-0.4, -0.2) is 39.9 Å². The number of fused-ring (bicyclic) bond motifs is 3. The summed E-state index contributed by atoms with van der Waals surface area (Å²) in [5.41, 5.74) is 2.84. The summed E-state index contributed by atoms with van der Waals surface area (Å²) in [6, 6.07) is 7.40. The zero-order valence-electron chi connectivity index (χ0n) is 11.7. The first-order valence-corrected chi connectivity index (χ1v) is 6.46. The number of likely N-dealkylation sites (N-methyl/N-ethyl adjacent to an activating group) is 1. The predicted molar refractivity (Wildman–Crippen MR) is 78.5 cm³/mol. The zero-order valence-corrected chi connectivity index (χ0v) is 11.7. The highest BCUT2D eigenvalue weighted by Gasteiger charge is 2.12. The molecule has 1 amide bonds. The smallest absolute Gasteiger partial charge is 0.229 e. The van der Waals surface area contributed by atoms with Crippen molar-refractivity contribution in [1.82, 2.24) is 19.9 Å². The predicted octanol–water partition coefficient (Wildman–Crippen LogP) is 1.61. The van der Waals surface area contributed by atoms with Crippen LogP contribution in [0, 0.1) is 11.3 Å². The highest BCUT2D eigenvalue weighted by atomic mass is 16.2. The molecule has 1 N–H and O–H groups in total. The molecular weight excluding hydrogens is 266 g/mol. The molecule has 0 radical (unpaired) electrons. The van der Waals surface area contributed by atoms with Gasteiger partial charge in [0.25, 0.3) is 0 Å². The molecular formula is C15H13N5O. The molecule has 0 saturated heterocycles. The fraction of sp³-hybridized carbons (Fsp3) is 0.200. The summed E-state index contributed by atoms with van der Waals surface area (Å²) in [5.74, 6) is 0.574. The first-order valence-electron chi connectivity index (χ1n) is 6.46. The van der Waals surface area contributed by atoms with E-state index in [1.807, 2.05) is 0 Å². The van der Waals surface area contributed by atoms with Gasteiger partial charge in [-0.3, -0.25) is 9.78 Å². The third kappa shape index (κ3) is 2.30. The summed E-state index contributed by atoms with van der Waals surface area (Å²) in [7, 11) is 3.42. The number of imidazole rings is 1. The summed E-state index contributed by atoms with van der Waals surface area (Å²) in [4.78, 5) is 25.2. The molecule has 0 aliphatic heterocycles. The van der Waals surface area contributed by atoms with Gasteiger partial charge in [-0.2, -0.15) is 5.26 Å². The van der Waals surface area contributed by atoms with Crippen LogP contribution in [0.2, 0.25) is 0 Å². The first kappa shape index (κ1) is 13.1. The van der Waals surface area contributed by atoms with Crippen LogP contribution in [0.5, 0.6) is 0 Å². The lowest BCUT2D eigenvalue weighted by atomic mass is 10.1. The molecule has 0 unspecified atom stereocenters. The van der Waals surface area contributed by atoms with Crippen molar-refractivity contribution >= 4 is 27.8 Å². The lowest BCUT2D eigenvalue weighted by Gasteiger charge is -2.07. The van der Waals surface area contributed by atoms with E-state index in [0.717, 1.165) is 21.9 Å². The number of carbonyl (C=O) groups is 1. The van der Waals surface area contributed by atoms with Crippen LogP contribution in [0.3, 0.4) is 0 Å². The van der Waals surface area contributed by atoms with Gasteiger partial charge in [0, 0.05) is 19.5 Å². The second kappa shape index (κ2) is 4.87. The summed E-state index contributed by atoms with van der Waals surface area (Å²) in [6.07, 6.45) is 1.90. The molecule has 0 atom stereocenters. The Morgan fingerprint density at radius 1 is 1.43 bits per heavy atom. The van der Waals surface area contributed by atoms with Gasteiger partial charge in [0.15, 0.2) is 0 Å². The number of aromatic nitrogens is 3. The standard InChI is InChI=1S/C15H13N5O/c1-20(2)14(21)6-13-18-12-8-17-11-4-3-9(7-16)5-10(11)15(12)19-13/h3-5,8H,6H2,1-2H3,(H,18,19). The number of pyridine rings is 1. The Labute approximate surface area is 121 Å². The Bertz CT molecular complexity index is 888. The number of nitrogens with one attached hydrogen (secondary N) is 1. The molecule has 0 fully saturated rings. The Kier molecular flexibility index (Phi) is 3.03. The number of nitriles is 1. The molecule has 3 aromatic rings. The van der Waals surface area contributed by atoms with Gasteiger partial charge in [0.1, 0.15) is 5.82 Å². The fourth-order valence-electron chi connectivity index (χ4n) is 2.16. The molecule has 3 rings (SSSR count). The van der Waals surface area contributed by atoms with Crippen molar-refractivity contribution in [3.63, 3.8) is 0 Å². The topological polar surface area (TPSA) is 85.7 Å². The van der Waals surface area contributed by atoms with Crippen molar-refractivity contribution in [3.8, 4) is 6.07 Å². The molecule has 6 heteroatoms.